The van der Waals surface area contributed by atoms with E-state index in [-0.39, 0.29) is 5.91 Å². The van der Waals surface area contributed by atoms with E-state index in [1.54, 1.807) is 7.11 Å². The van der Waals surface area contributed by atoms with Crippen molar-refractivity contribution in [3.8, 4) is 5.75 Å². The molecule has 0 bridgehead atoms. The van der Waals surface area contributed by atoms with Gasteiger partial charge in [0.2, 0.25) is 0 Å². The molecule has 0 unspecified atom stereocenters. The van der Waals surface area contributed by atoms with Gasteiger partial charge in [-0.3, -0.25) is 14.4 Å². The van der Waals surface area contributed by atoms with E-state index in [1.807, 2.05) is 28.9 Å². The number of methoxy groups -OCH3 is 1. The molecule has 0 atom stereocenters. The lowest BCUT2D eigenvalue weighted by molar-refractivity contribution is 0.0942. The molecule has 0 radical (unpaired) electrons. The Balaban J connectivity index is 1.73. The molecule has 0 fully saturated rings. The largest absolute Gasteiger partial charge is 0.497 e. The van der Waals surface area contributed by atoms with Crippen molar-refractivity contribution in [1.82, 2.24) is 20.0 Å². The van der Waals surface area contributed by atoms with E-state index < -0.39 is 0 Å². The summed E-state index contributed by atoms with van der Waals surface area (Å²) >= 11 is 0. The Kier molecular flexibility index (Phi) is 6.16. The molecular formula is C21H30N4O2. The van der Waals surface area contributed by atoms with Crippen molar-refractivity contribution in [2.45, 2.75) is 46.8 Å². The number of benzene rings is 1. The lowest BCUT2D eigenvalue weighted by Gasteiger charge is -2.29. The smallest absolute Gasteiger partial charge is 0.272 e. The van der Waals surface area contributed by atoms with Crippen LogP contribution in [-0.4, -0.2) is 40.8 Å². The van der Waals surface area contributed by atoms with Crippen LogP contribution in [0.4, 0.5) is 0 Å². The number of rotatable bonds is 7. The first-order valence-electron chi connectivity index (χ1n) is 9.73. The number of amides is 1. The third-order valence-electron chi connectivity index (χ3n) is 4.96. The number of carbonyl (C=O) groups is 1. The summed E-state index contributed by atoms with van der Waals surface area (Å²) in [6.45, 7) is 10.7. The number of fused-ring (bicyclic) bond motifs is 1. The molecule has 1 aromatic heterocycles. The molecule has 2 heterocycles. The van der Waals surface area contributed by atoms with Crippen LogP contribution in [0.15, 0.2) is 24.3 Å². The van der Waals surface area contributed by atoms with E-state index >= 15 is 0 Å². The Morgan fingerprint density at radius 2 is 2.04 bits per heavy atom. The maximum Gasteiger partial charge on any atom is 0.272 e. The molecule has 27 heavy (non-hydrogen) atoms. The van der Waals surface area contributed by atoms with Gasteiger partial charge in [-0.25, -0.2) is 0 Å². The van der Waals surface area contributed by atoms with Gasteiger partial charge in [0.1, 0.15) is 5.75 Å². The summed E-state index contributed by atoms with van der Waals surface area (Å²) in [5.74, 6) is 1.33. The highest BCUT2D eigenvalue weighted by atomic mass is 16.5. The van der Waals surface area contributed by atoms with Crippen LogP contribution in [0, 0.1) is 5.92 Å². The molecule has 146 valence electrons. The molecule has 6 nitrogen and oxygen atoms in total. The van der Waals surface area contributed by atoms with Gasteiger partial charge in [-0.2, -0.15) is 5.10 Å². The topological polar surface area (TPSA) is 59.4 Å². The summed E-state index contributed by atoms with van der Waals surface area (Å²) < 4.78 is 7.16. The number of aromatic nitrogens is 2. The van der Waals surface area contributed by atoms with Crippen molar-refractivity contribution in [3.63, 3.8) is 0 Å². The first-order chi connectivity index (χ1) is 13.0. The molecule has 3 rings (SSSR count). The molecule has 0 aliphatic carbocycles. The highest BCUT2D eigenvalue weighted by Crippen LogP contribution is 2.23. The zero-order chi connectivity index (χ0) is 19.4. The quantitative estimate of drug-likeness (QED) is 0.814. The predicted molar refractivity (Wildman–Crippen MR) is 106 cm³/mol. The molecule has 1 amide bonds. The van der Waals surface area contributed by atoms with Crippen LogP contribution >= 0.6 is 0 Å². The molecule has 6 heteroatoms. The summed E-state index contributed by atoms with van der Waals surface area (Å²) in [5, 5.41) is 7.64. The van der Waals surface area contributed by atoms with Gasteiger partial charge in [0.05, 0.1) is 7.11 Å². The predicted octanol–water partition coefficient (Wildman–Crippen LogP) is 2.86. The van der Waals surface area contributed by atoms with Crippen molar-refractivity contribution in [2.24, 2.45) is 5.92 Å². The summed E-state index contributed by atoms with van der Waals surface area (Å²) in [4.78, 5) is 15.3. The number of ether oxygens (including phenoxy) is 1. The van der Waals surface area contributed by atoms with E-state index in [0.717, 1.165) is 49.5 Å². The van der Waals surface area contributed by atoms with Gasteiger partial charge in [-0.05, 0) is 30.5 Å². The van der Waals surface area contributed by atoms with Gasteiger partial charge in [0.15, 0.2) is 5.69 Å². The number of nitrogens with zero attached hydrogens (tertiary/aromatic N) is 3. The van der Waals surface area contributed by atoms with Gasteiger partial charge >= 0.3 is 0 Å². The van der Waals surface area contributed by atoms with Crippen molar-refractivity contribution < 1.29 is 9.53 Å². The van der Waals surface area contributed by atoms with Crippen molar-refractivity contribution in [3.05, 3.63) is 46.8 Å². The average Bonchev–Trinajstić information content (AvgIpc) is 3.04. The monoisotopic (exact) mass is 370 g/mol. The van der Waals surface area contributed by atoms with E-state index in [1.165, 1.54) is 5.69 Å². The molecule has 1 aromatic carbocycles. The lowest BCUT2D eigenvalue weighted by atomic mass is 10.0. The standard InChI is InChI=1S/C21H30N4O2/c1-5-25-19-10-11-24(13-15(2)3)14-18(19)20(23-25)21(26)22-12-16-6-8-17(27-4)9-7-16/h6-9,15H,5,10-14H2,1-4H3,(H,22,26). The first kappa shape index (κ1) is 19.4. The second kappa shape index (κ2) is 8.57. The normalized spacial score (nSPS) is 14.3. The average molecular weight is 370 g/mol. The van der Waals surface area contributed by atoms with Crippen molar-refractivity contribution in [2.75, 3.05) is 20.2 Å². The van der Waals surface area contributed by atoms with Gasteiger partial charge in [0, 0.05) is 50.4 Å². The number of hydrogen-bond donors (Lipinski definition) is 1. The van der Waals surface area contributed by atoms with Crippen LogP contribution in [-0.2, 0) is 26.1 Å². The third-order valence-corrected chi connectivity index (χ3v) is 4.96. The Morgan fingerprint density at radius 3 is 2.67 bits per heavy atom. The maximum absolute atomic E-state index is 12.8. The van der Waals surface area contributed by atoms with Crippen LogP contribution in [0.25, 0.3) is 0 Å². The van der Waals surface area contributed by atoms with Gasteiger partial charge in [0.25, 0.3) is 5.91 Å². The van der Waals surface area contributed by atoms with Crippen LogP contribution in [0.3, 0.4) is 0 Å². The van der Waals surface area contributed by atoms with Crippen molar-refractivity contribution >= 4 is 5.91 Å². The minimum absolute atomic E-state index is 0.0966. The molecule has 1 N–H and O–H groups in total. The minimum atomic E-state index is -0.0966. The molecular weight excluding hydrogens is 340 g/mol. The van der Waals surface area contributed by atoms with Crippen LogP contribution in [0.1, 0.15) is 48.1 Å². The van der Waals surface area contributed by atoms with Crippen LogP contribution in [0.5, 0.6) is 5.75 Å². The number of nitrogens with one attached hydrogen (secondary N) is 1. The lowest BCUT2D eigenvalue weighted by Crippen LogP contribution is -2.35. The molecule has 2 aromatic rings. The maximum atomic E-state index is 12.8. The number of carbonyl (C=O) groups excluding carboxylic acids is 1. The second-order valence-corrected chi connectivity index (χ2v) is 7.50. The number of aryl methyl sites for hydroxylation is 1. The number of hydrogen-bond acceptors (Lipinski definition) is 4. The Bertz CT molecular complexity index is 780. The highest BCUT2D eigenvalue weighted by molar-refractivity contribution is 5.94. The van der Waals surface area contributed by atoms with Crippen LogP contribution < -0.4 is 10.1 Å². The third kappa shape index (κ3) is 4.50. The Morgan fingerprint density at radius 1 is 1.30 bits per heavy atom. The Hall–Kier alpha value is -2.34. The van der Waals surface area contributed by atoms with Crippen LogP contribution in [0.2, 0.25) is 0 Å². The molecule has 0 spiro atoms. The molecule has 0 saturated carbocycles. The van der Waals surface area contributed by atoms with E-state index in [4.69, 9.17) is 4.74 Å². The minimum Gasteiger partial charge on any atom is -0.497 e. The van der Waals surface area contributed by atoms with E-state index in [0.29, 0.717) is 18.2 Å². The fourth-order valence-electron chi connectivity index (χ4n) is 3.67. The summed E-state index contributed by atoms with van der Waals surface area (Å²) in [5.41, 5.74) is 3.92. The fourth-order valence-corrected chi connectivity index (χ4v) is 3.67. The zero-order valence-electron chi connectivity index (χ0n) is 16.8. The SMILES string of the molecule is CCn1nc(C(=O)NCc2ccc(OC)cc2)c2c1CCN(CC(C)C)C2. The summed E-state index contributed by atoms with van der Waals surface area (Å²) in [6.07, 6.45) is 0.953. The van der Waals surface area contributed by atoms with Gasteiger partial charge in [-0.15, -0.1) is 0 Å². The highest BCUT2D eigenvalue weighted by Gasteiger charge is 2.27. The summed E-state index contributed by atoms with van der Waals surface area (Å²) in [6, 6.07) is 7.73. The van der Waals surface area contributed by atoms with E-state index in [9.17, 15) is 4.79 Å². The molecule has 1 aliphatic heterocycles. The fraction of sp³-hybridized carbons (Fsp3) is 0.524. The van der Waals surface area contributed by atoms with Gasteiger partial charge < -0.3 is 10.1 Å². The van der Waals surface area contributed by atoms with Gasteiger partial charge in [-0.1, -0.05) is 26.0 Å². The first-order valence-corrected chi connectivity index (χ1v) is 9.73. The second-order valence-electron chi connectivity index (χ2n) is 7.50. The zero-order valence-corrected chi connectivity index (χ0v) is 16.8. The van der Waals surface area contributed by atoms with E-state index in [2.05, 4.69) is 36.1 Å². The van der Waals surface area contributed by atoms with Crippen molar-refractivity contribution in [1.29, 1.82) is 0 Å². The molecule has 1 aliphatic rings. The molecule has 0 saturated heterocycles. The Labute approximate surface area is 161 Å². The summed E-state index contributed by atoms with van der Waals surface area (Å²) in [7, 11) is 1.65.